The topological polar surface area (TPSA) is 95.6 Å². The van der Waals surface area contributed by atoms with Crippen LogP contribution in [0.15, 0.2) is 53.4 Å². The number of unbranched alkanes of at least 4 members (excludes halogenated alkanes) is 2. The molecule has 2 amide bonds. The van der Waals surface area contributed by atoms with E-state index in [2.05, 4.69) is 17.0 Å². The highest BCUT2D eigenvalue weighted by Gasteiger charge is 2.26. The zero-order chi connectivity index (χ0) is 25.8. The van der Waals surface area contributed by atoms with Crippen molar-refractivity contribution in [2.45, 2.75) is 70.4 Å². The van der Waals surface area contributed by atoms with Gasteiger partial charge in [-0.1, -0.05) is 51.0 Å². The predicted molar refractivity (Wildman–Crippen MR) is 135 cm³/mol. The van der Waals surface area contributed by atoms with E-state index in [0.29, 0.717) is 19.5 Å². The fraction of sp³-hybridized carbons (Fsp3) is 0.462. The summed E-state index contributed by atoms with van der Waals surface area (Å²) in [4.78, 5) is 27.6. The van der Waals surface area contributed by atoms with Gasteiger partial charge in [-0.05, 0) is 55.2 Å². The van der Waals surface area contributed by atoms with Crippen LogP contribution in [0.4, 0.5) is 4.39 Å². The molecule has 0 bridgehead atoms. The Labute approximate surface area is 208 Å². The van der Waals surface area contributed by atoms with Gasteiger partial charge in [0.25, 0.3) is 0 Å². The number of rotatable bonds is 14. The van der Waals surface area contributed by atoms with Crippen molar-refractivity contribution >= 4 is 21.8 Å². The van der Waals surface area contributed by atoms with E-state index in [1.165, 1.54) is 29.2 Å². The van der Waals surface area contributed by atoms with Crippen molar-refractivity contribution in [3.63, 3.8) is 0 Å². The molecule has 0 aromatic heterocycles. The van der Waals surface area contributed by atoms with Crippen molar-refractivity contribution in [1.82, 2.24) is 14.9 Å². The largest absolute Gasteiger partial charge is 0.354 e. The number of benzene rings is 2. The van der Waals surface area contributed by atoms with E-state index >= 15 is 0 Å². The summed E-state index contributed by atoms with van der Waals surface area (Å²) < 4.78 is 40.0. The Morgan fingerprint density at radius 3 is 2.20 bits per heavy atom. The molecule has 0 spiro atoms. The van der Waals surface area contributed by atoms with E-state index in [1.54, 1.807) is 38.1 Å². The molecule has 0 heterocycles. The van der Waals surface area contributed by atoms with E-state index in [9.17, 15) is 22.4 Å². The van der Waals surface area contributed by atoms with E-state index in [4.69, 9.17) is 0 Å². The molecular weight excluding hydrogens is 469 g/mol. The number of halogens is 1. The quantitative estimate of drug-likeness (QED) is 0.382. The highest BCUT2D eigenvalue weighted by molar-refractivity contribution is 7.89. The van der Waals surface area contributed by atoms with Crippen LogP contribution in [0, 0.1) is 5.82 Å². The van der Waals surface area contributed by atoms with Crippen LogP contribution in [0.2, 0.25) is 0 Å². The molecule has 0 aliphatic rings. The zero-order valence-corrected chi connectivity index (χ0v) is 21.5. The van der Waals surface area contributed by atoms with Crippen LogP contribution in [0.3, 0.4) is 0 Å². The highest BCUT2D eigenvalue weighted by atomic mass is 32.2. The molecule has 0 radical (unpaired) electrons. The van der Waals surface area contributed by atoms with Gasteiger partial charge in [-0.25, -0.2) is 17.5 Å². The number of carbonyl (C=O) groups is 2. The van der Waals surface area contributed by atoms with Crippen LogP contribution in [-0.2, 0) is 32.6 Å². The first-order valence-electron chi connectivity index (χ1n) is 12.1. The Morgan fingerprint density at radius 1 is 0.971 bits per heavy atom. The Hall–Kier alpha value is -2.78. The second-order valence-electron chi connectivity index (χ2n) is 8.47. The maximum absolute atomic E-state index is 13.3. The van der Waals surface area contributed by atoms with Crippen molar-refractivity contribution in [2.24, 2.45) is 0 Å². The molecule has 2 aromatic rings. The Balaban J connectivity index is 2.09. The van der Waals surface area contributed by atoms with E-state index in [0.717, 1.165) is 30.4 Å². The molecule has 2 N–H and O–H groups in total. The molecule has 192 valence electrons. The van der Waals surface area contributed by atoms with Crippen LogP contribution in [0.1, 0.15) is 57.6 Å². The molecular formula is C26H36FN3O4S. The summed E-state index contributed by atoms with van der Waals surface area (Å²) in [5.74, 6) is -0.808. The molecule has 2 aromatic carbocycles. The fourth-order valence-corrected chi connectivity index (χ4v) is 4.65. The molecule has 0 aliphatic heterocycles. The predicted octanol–water partition coefficient (Wildman–Crippen LogP) is 3.78. The SMILES string of the molecule is CCCCCNC(=O)[C@@H](C)N(Cc1ccc(F)cc1)C(=O)CCc1ccc(S(=O)(=O)NCC)cc1. The maximum atomic E-state index is 13.3. The first-order valence-corrected chi connectivity index (χ1v) is 13.6. The lowest BCUT2D eigenvalue weighted by molar-refractivity contribution is -0.140. The molecule has 35 heavy (non-hydrogen) atoms. The smallest absolute Gasteiger partial charge is 0.242 e. The number of aryl methyl sites for hydroxylation is 1. The number of amides is 2. The first kappa shape index (κ1) is 28.5. The number of carbonyl (C=O) groups excluding carboxylic acids is 2. The second-order valence-corrected chi connectivity index (χ2v) is 10.2. The van der Waals surface area contributed by atoms with E-state index in [1.807, 2.05) is 0 Å². The molecule has 9 heteroatoms. The van der Waals surface area contributed by atoms with Gasteiger partial charge in [0.2, 0.25) is 21.8 Å². The monoisotopic (exact) mass is 505 g/mol. The molecule has 0 saturated carbocycles. The first-order chi connectivity index (χ1) is 16.7. The summed E-state index contributed by atoms with van der Waals surface area (Å²) in [5.41, 5.74) is 1.54. The molecule has 7 nitrogen and oxygen atoms in total. The standard InChI is InChI=1S/C26H36FN3O4S/c1-4-6-7-18-28-26(32)20(3)30(19-22-8-13-23(27)14-9-22)25(31)17-12-21-10-15-24(16-11-21)35(33,34)29-5-2/h8-11,13-16,20,29H,4-7,12,17-19H2,1-3H3,(H,28,32)/t20-/m1/s1. The number of sulfonamides is 1. The zero-order valence-electron chi connectivity index (χ0n) is 20.7. The number of hydrogen-bond acceptors (Lipinski definition) is 4. The summed E-state index contributed by atoms with van der Waals surface area (Å²) >= 11 is 0. The van der Waals surface area contributed by atoms with Gasteiger partial charge in [-0.15, -0.1) is 0 Å². The third-order valence-electron chi connectivity index (χ3n) is 5.71. The summed E-state index contributed by atoms with van der Waals surface area (Å²) in [6.07, 6.45) is 3.48. The van der Waals surface area contributed by atoms with Gasteiger partial charge in [0.15, 0.2) is 0 Å². The Kier molecular flexibility index (Phi) is 11.3. The average molecular weight is 506 g/mol. The van der Waals surface area contributed by atoms with Crippen molar-refractivity contribution in [2.75, 3.05) is 13.1 Å². The van der Waals surface area contributed by atoms with Crippen LogP contribution < -0.4 is 10.0 Å². The van der Waals surface area contributed by atoms with Gasteiger partial charge in [0, 0.05) is 26.1 Å². The van der Waals surface area contributed by atoms with Crippen molar-refractivity contribution < 1.29 is 22.4 Å². The van der Waals surface area contributed by atoms with Gasteiger partial charge in [-0.3, -0.25) is 9.59 Å². The van der Waals surface area contributed by atoms with Crippen molar-refractivity contribution in [3.8, 4) is 0 Å². The van der Waals surface area contributed by atoms with Crippen molar-refractivity contribution in [1.29, 1.82) is 0 Å². The maximum Gasteiger partial charge on any atom is 0.242 e. The minimum Gasteiger partial charge on any atom is -0.354 e. The lowest BCUT2D eigenvalue weighted by atomic mass is 10.1. The molecule has 0 fully saturated rings. The molecule has 0 saturated heterocycles. The van der Waals surface area contributed by atoms with Crippen molar-refractivity contribution in [3.05, 3.63) is 65.5 Å². The van der Waals surface area contributed by atoms with Crippen LogP contribution in [0.25, 0.3) is 0 Å². The Morgan fingerprint density at radius 2 is 1.60 bits per heavy atom. The van der Waals surface area contributed by atoms with Crippen LogP contribution in [0.5, 0.6) is 0 Å². The normalized spacial score (nSPS) is 12.2. The molecule has 0 unspecified atom stereocenters. The lowest BCUT2D eigenvalue weighted by Gasteiger charge is -2.29. The minimum atomic E-state index is -3.54. The summed E-state index contributed by atoms with van der Waals surface area (Å²) in [7, 11) is -3.54. The van der Waals surface area contributed by atoms with Gasteiger partial charge in [-0.2, -0.15) is 0 Å². The van der Waals surface area contributed by atoms with Crippen LogP contribution >= 0.6 is 0 Å². The minimum absolute atomic E-state index is 0.147. The second kappa shape index (κ2) is 13.9. The number of nitrogens with zero attached hydrogens (tertiary/aromatic N) is 1. The fourth-order valence-electron chi connectivity index (χ4n) is 3.61. The summed E-state index contributed by atoms with van der Waals surface area (Å²) in [6, 6.07) is 11.6. The van der Waals surface area contributed by atoms with Gasteiger partial charge in [0.1, 0.15) is 11.9 Å². The van der Waals surface area contributed by atoms with Gasteiger partial charge in [0.05, 0.1) is 4.90 Å². The Bertz CT molecular complexity index is 1060. The lowest BCUT2D eigenvalue weighted by Crippen LogP contribution is -2.47. The van der Waals surface area contributed by atoms with E-state index in [-0.39, 0.29) is 35.5 Å². The number of hydrogen-bond donors (Lipinski definition) is 2. The van der Waals surface area contributed by atoms with Gasteiger partial charge >= 0.3 is 0 Å². The third kappa shape index (κ3) is 9.07. The van der Waals surface area contributed by atoms with Crippen LogP contribution in [-0.4, -0.2) is 44.3 Å². The number of nitrogens with one attached hydrogen (secondary N) is 2. The average Bonchev–Trinajstić information content (AvgIpc) is 2.84. The summed E-state index contributed by atoms with van der Waals surface area (Å²) in [5, 5.41) is 2.90. The molecule has 0 aliphatic carbocycles. The summed E-state index contributed by atoms with van der Waals surface area (Å²) in [6.45, 7) is 6.52. The van der Waals surface area contributed by atoms with Gasteiger partial charge < -0.3 is 10.2 Å². The van der Waals surface area contributed by atoms with E-state index < -0.39 is 16.1 Å². The molecule has 1 atom stereocenters. The molecule has 2 rings (SSSR count). The highest BCUT2D eigenvalue weighted by Crippen LogP contribution is 2.15. The third-order valence-corrected chi connectivity index (χ3v) is 7.27.